The first-order valence-corrected chi connectivity index (χ1v) is 10.4. The van der Waals surface area contributed by atoms with E-state index in [0.717, 1.165) is 35.2 Å². The van der Waals surface area contributed by atoms with E-state index in [1.165, 1.54) is 28.6 Å². The summed E-state index contributed by atoms with van der Waals surface area (Å²) in [6.45, 7) is 0.537. The number of nitrogens with zero attached hydrogens (tertiary/aromatic N) is 1. The van der Waals surface area contributed by atoms with Gasteiger partial charge in [0, 0.05) is 15.7 Å². The summed E-state index contributed by atoms with van der Waals surface area (Å²) in [7, 11) is 0. The lowest BCUT2D eigenvalue weighted by Gasteiger charge is -2.09. The molecule has 0 bridgehead atoms. The zero-order valence-corrected chi connectivity index (χ0v) is 15.9. The second-order valence-electron chi connectivity index (χ2n) is 5.91. The van der Waals surface area contributed by atoms with Crippen molar-refractivity contribution in [2.75, 3.05) is 12.4 Å². The summed E-state index contributed by atoms with van der Waals surface area (Å²) in [5.74, 6) is 1.50. The number of fused-ring (bicyclic) bond motifs is 3. The molecule has 2 heterocycles. The van der Waals surface area contributed by atoms with Crippen molar-refractivity contribution < 1.29 is 4.74 Å². The van der Waals surface area contributed by atoms with Gasteiger partial charge in [-0.2, -0.15) is 0 Å². The maximum absolute atomic E-state index is 12.5. The third kappa shape index (κ3) is 3.71. The molecule has 1 aromatic carbocycles. The Morgan fingerprint density at radius 3 is 2.88 bits per heavy atom. The molecule has 0 atom stereocenters. The molecule has 1 aliphatic carbocycles. The minimum absolute atomic E-state index is 0.00878. The number of thioether (sulfide) groups is 1. The van der Waals surface area contributed by atoms with Crippen molar-refractivity contribution in [3.63, 3.8) is 0 Å². The fraction of sp³-hybridized carbons (Fsp3) is 0.333. The highest BCUT2D eigenvalue weighted by Gasteiger charge is 2.19. The van der Waals surface area contributed by atoms with Crippen molar-refractivity contribution in [1.29, 1.82) is 0 Å². The average molecular weight is 393 g/mol. The molecule has 0 radical (unpaired) electrons. The first-order valence-electron chi connectivity index (χ1n) is 8.26. The van der Waals surface area contributed by atoms with Crippen molar-refractivity contribution in [2.24, 2.45) is 0 Å². The van der Waals surface area contributed by atoms with Crippen molar-refractivity contribution in [1.82, 2.24) is 9.97 Å². The largest absolute Gasteiger partial charge is 0.493 e. The number of aryl methyl sites for hydroxylation is 2. The van der Waals surface area contributed by atoms with Gasteiger partial charge >= 0.3 is 0 Å². The number of H-pyrrole nitrogens is 1. The third-order valence-electron chi connectivity index (χ3n) is 4.21. The van der Waals surface area contributed by atoms with E-state index >= 15 is 0 Å². The fourth-order valence-electron chi connectivity index (χ4n) is 3.04. The third-order valence-corrected chi connectivity index (χ3v) is 6.48. The summed E-state index contributed by atoms with van der Waals surface area (Å²) >= 11 is 9.04. The SMILES string of the molecule is O=c1[nH]c(SCCOc2ccc(Cl)cc2)nc2sc3c(c12)CCCC3. The van der Waals surface area contributed by atoms with Gasteiger partial charge in [-0.05, 0) is 55.5 Å². The van der Waals surface area contributed by atoms with Crippen LogP contribution in [0.5, 0.6) is 5.75 Å². The Morgan fingerprint density at radius 1 is 1.24 bits per heavy atom. The number of hydrogen-bond acceptors (Lipinski definition) is 5. The highest BCUT2D eigenvalue weighted by atomic mass is 35.5. The molecule has 4 nitrogen and oxygen atoms in total. The normalized spacial score (nSPS) is 13.8. The smallest absolute Gasteiger partial charge is 0.260 e. The quantitative estimate of drug-likeness (QED) is 0.389. The van der Waals surface area contributed by atoms with Crippen LogP contribution in [0.1, 0.15) is 23.3 Å². The number of benzene rings is 1. The fourth-order valence-corrected chi connectivity index (χ4v) is 5.17. The number of aromatic nitrogens is 2. The monoisotopic (exact) mass is 392 g/mol. The lowest BCUT2D eigenvalue weighted by Crippen LogP contribution is -2.11. The van der Waals surface area contributed by atoms with Crippen LogP contribution in [0.25, 0.3) is 10.2 Å². The molecule has 0 saturated heterocycles. The van der Waals surface area contributed by atoms with Crippen LogP contribution in [0.2, 0.25) is 5.02 Å². The lowest BCUT2D eigenvalue weighted by molar-refractivity contribution is 0.344. The second kappa shape index (κ2) is 7.40. The van der Waals surface area contributed by atoms with Crippen molar-refractivity contribution in [3.05, 3.63) is 50.1 Å². The predicted molar refractivity (Wildman–Crippen MR) is 105 cm³/mol. The van der Waals surface area contributed by atoms with Gasteiger partial charge in [-0.1, -0.05) is 23.4 Å². The Hall–Kier alpha value is -1.50. The zero-order valence-electron chi connectivity index (χ0n) is 13.5. The number of hydrogen-bond donors (Lipinski definition) is 1. The number of aromatic amines is 1. The Bertz CT molecular complexity index is 950. The summed E-state index contributed by atoms with van der Waals surface area (Å²) in [5, 5.41) is 2.16. The van der Waals surface area contributed by atoms with Crippen LogP contribution in [-0.4, -0.2) is 22.3 Å². The van der Waals surface area contributed by atoms with E-state index in [1.807, 2.05) is 12.1 Å². The number of thiophene rings is 1. The van der Waals surface area contributed by atoms with Crippen LogP contribution in [-0.2, 0) is 12.8 Å². The molecule has 0 amide bonds. The van der Waals surface area contributed by atoms with Crippen LogP contribution < -0.4 is 10.3 Å². The van der Waals surface area contributed by atoms with Gasteiger partial charge < -0.3 is 9.72 Å². The highest BCUT2D eigenvalue weighted by molar-refractivity contribution is 7.99. The molecule has 0 fully saturated rings. The molecule has 0 saturated carbocycles. The molecule has 7 heteroatoms. The van der Waals surface area contributed by atoms with E-state index in [0.29, 0.717) is 22.5 Å². The lowest BCUT2D eigenvalue weighted by atomic mass is 9.97. The van der Waals surface area contributed by atoms with Gasteiger partial charge in [0.05, 0.1) is 12.0 Å². The Balaban J connectivity index is 1.43. The first-order chi connectivity index (χ1) is 12.2. The van der Waals surface area contributed by atoms with Crippen LogP contribution in [0.3, 0.4) is 0 Å². The van der Waals surface area contributed by atoms with E-state index in [-0.39, 0.29) is 5.56 Å². The average Bonchev–Trinajstić information content (AvgIpc) is 2.99. The van der Waals surface area contributed by atoms with Gasteiger partial charge in [0.25, 0.3) is 5.56 Å². The summed E-state index contributed by atoms with van der Waals surface area (Å²) in [6, 6.07) is 7.29. The predicted octanol–water partition coefficient (Wildman–Crippen LogP) is 4.69. The molecule has 0 aliphatic heterocycles. The maximum Gasteiger partial charge on any atom is 0.260 e. The molecule has 1 N–H and O–H groups in total. The van der Waals surface area contributed by atoms with E-state index in [2.05, 4.69) is 9.97 Å². The van der Waals surface area contributed by atoms with E-state index in [4.69, 9.17) is 16.3 Å². The molecule has 4 rings (SSSR count). The molecular formula is C18H17ClN2O2S2. The Labute approximate surface area is 158 Å². The Kier molecular flexibility index (Phi) is 5.01. The molecule has 0 unspecified atom stereocenters. The number of ether oxygens (including phenoxy) is 1. The topological polar surface area (TPSA) is 55.0 Å². The molecular weight excluding hydrogens is 376 g/mol. The highest BCUT2D eigenvalue weighted by Crippen LogP contribution is 2.34. The molecule has 130 valence electrons. The molecule has 0 spiro atoms. The summed E-state index contributed by atoms with van der Waals surface area (Å²) < 4.78 is 5.67. The molecule has 25 heavy (non-hydrogen) atoms. The second-order valence-corrected chi connectivity index (χ2v) is 8.52. The number of halogens is 1. The van der Waals surface area contributed by atoms with E-state index in [1.54, 1.807) is 23.5 Å². The number of nitrogens with one attached hydrogen (secondary N) is 1. The van der Waals surface area contributed by atoms with E-state index < -0.39 is 0 Å². The van der Waals surface area contributed by atoms with Crippen LogP contribution >= 0.6 is 34.7 Å². The van der Waals surface area contributed by atoms with Gasteiger partial charge in [0.15, 0.2) is 5.16 Å². The van der Waals surface area contributed by atoms with Gasteiger partial charge in [-0.3, -0.25) is 4.79 Å². The zero-order chi connectivity index (χ0) is 17.2. The van der Waals surface area contributed by atoms with Crippen molar-refractivity contribution in [3.8, 4) is 5.75 Å². The summed E-state index contributed by atoms with van der Waals surface area (Å²) in [6.07, 6.45) is 4.45. The van der Waals surface area contributed by atoms with Crippen molar-refractivity contribution in [2.45, 2.75) is 30.8 Å². The Morgan fingerprint density at radius 2 is 2.04 bits per heavy atom. The van der Waals surface area contributed by atoms with E-state index in [9.17, 15) is 4.79 Å². The van der Waals surface area contributed by atoms with Crippen molar-refractivity contribution >= 4 is 44.9 Å². The van der Waals surface area contributed by atoms with Crippen LogP contribution in [0.4, 0.5) is 0 Å². The summed E-state index contributed by atoms with van der Waals surface area (Å²) in [5.41, 5.74) is 1.22. The van der Waals surface area contributed by atoms with Gasteiger partial charge in [-0.25, -0.2) is 4.98 Å². The minimum Gasteiger partial charge on any atom is -0.493 e. The van der Waals surface area contributed by atoms with Crippen LogP contribution in [0, 0.1) is 0 Å². The first kappa shape index (κ1) is 16.9. The van der Waals surface area contributed by atoms with Gasteiger partial charge in [0.1, 0.15) is 10.6 Å². The minimum atomic E-state index is -0.00878. The summed E-state index contributed by atoms with van der Waals surface area (Å²) in [4.78, 5) is 22.3. The number of rotatable bonds is 5. The van der Waals surface area contributed by atoms with Gasteiger partial charge in [-0.15, -0.1) is 11.3 Å². The molecule has 3 aromatic rings. The molecule has 2 aromatic heterocycles. The maximum atomic E-state index is 12.5. The molecule has 1 aliphatic rings. The van der Waals surface area contributed by atoms with Gasteiger partial charge in [0.2, 0.25) is 0 Å². The standard InChI is InChI=1S/C18H17ClN2O2S2/c19-11-5-7-12(8-6-11)23-9-10-24-18-20-16(22)15-13-3-1-2-4-14(13)25-17(15)21-18/h5-8H,1-4,9-10H2,(H,20,21,22). The van der Waals surface area contributed by atoms with Crippen LogP contribution in [0.15, 0.2) is 34.2 Å².